The molecular formula is C38H49N5O9S. The maximum Gasteiger partial charge on any atom is 0.408 e. The minimum absolute atomic E-state index is 0.0366. The number of nitrogens with one attached hydrogen (secondary N) is 3. The van der Waals surface area contributed by atoms with Gasteiger partial charge in [-0.2, -0.15) is 0 Å². The first-order valence-electron chi connectivity index (χ1n) is 18.7. The highest BCUT2D eigenvalue weighted by molar-refractivity contribution is 7.91. The van der Waals surface area contributed by atoms with Gasteiger partial charge in [0.25, 0.3) is 5.91 Å². The number of hydrogen-bond acceptors (Lipinski definition) is 10. The van der Waals surface area contributed by atoms with Gasteiger partial charge in [-0.25, -0.2) is 18.2 Å². The molecule has 0 radical (unpaired) electrons. The fourth-order valence-electron chi connectivity index (χ4n) is 8.12. The van der Waals surface area contributed by atoms with Crippen molar-refractivity contribution in [3.05, 3.63) is 47.7 Å². The minimum atomic E-state index is -4.01. The molecule has 1 spiro atoms. The Morgan fingerprint density at radius 1 is 1.11 bits per heavy atom. The van der Waals surface area contributed by atoms with Crippen molar-refractivity contribution < 1.29 is 42.2 Å². The molecule has 7 rings (SSSR count). The van der Waals surface area contributed by atoms with E-state index in [1.54, 1.807) is 27.7 Å². The van der Waals surface area contributed by atoms with Gasteiger partial charge in [0, 0.05) is 29.7 Å². The van der Waals surface area contributed by atoms with E-state index < -0.39 is 79.9 Å². The molecule has 6 unspecified atom stereocenters. The molecular weight excluding hydrogens is 703 g/mol. The van der Waals surface area contributed by atoms with E-state index in [4.69, 9.17) is 14.5 Å². The maximum absolute atomic E-state index is 14.6. The number of nitrogens with zero attached hydrogens (tertiary/aromatic N) is 2. The number of aliphatic hydroxyl groups excluding tert-OH is 1. The smallest absolute Gasteiger partial charge is 0.408 e. The second-order valence-corrected chi connectivity index (χ2v) is 18.2. The number of aryl methyl sites for hydroxylation is 1. The molecule has 3 fully saturated rings. The summed E-state index contributed by atoms with van der Waals surface area (Å²) >= 11 is 0. The molecule has 4 heterocycles. The fourth-order valence-corrected chi connectivity index (χ4v) is 9.43. The zero-order valence-electron chi connectivity index (χ0n) is 30.6. The number of ether oxygens (including phenoxy) is 2. The first-order chi connectivity index (χ1) is 25.1. The van der Waals surface area contributed by atoms with Crippen LogP contribution in [0.3, 0.4) is 0 Å². The number of amides is 4. The van der Waals surface area contributed by atoms with E-state index in [2.05, 4.69) is 15.4 Å². The second kappa shape index (κ2) is 13.6. The van der Waals surface area contributed by atoms with Crippen LogP contribution in [-0.2, 0) is 29.1 Å². The summed E-state index contributed by atoms with van der Waals surface area (Å²) < 4.78 is 39.6. The minimum Gasteiger partial charge on any atom is -0.483 e. The molecule has 14 nitrogen and oxygen atoms in total. The Morgan fingerprint density at radius 2 is 1.87 bits per heavy atom. The van der Waals surface area contributed by atoms with Crippen LogP contribution in [0.4, 0.5) is 4.79 Å². The summed E-state index contributed by atoms with van der Waals surface area (Å²) in [7, 11) is -4.01. The quantitative estimate of drug-likeness (QED) is 0.328. The number of allylic oxidation sites excluding steroid dienone is 1. The van der Waals surface area contributed by atoms with E-state index in [1.165, 1.54) is 4.90 Å². The number of carbonyl (C=O) groups is 4. The number of benzene rings is 1. The third kappa shape index (κ3) is 6.97. The lowest BCUT2D eigenvalue weighted by molar-refractivity contribution is -0.141. The van der Waals surface area contributed by atoms with E-state index in [-0.39, 0.29) is 25.8 Å². The Balaban J connectivity index is 1.25. The van der Waals surface area contributed by atoms with E-state index in [0.29, 0.717) is 54.6 Å². The van der Waals surface area contributed by atoms with Crippen LogP contribution < -0.4 is 20.1 Å². The summed E-state index contributed by atoms with van der Waals surface area (Å²) in [6.45, 7) is 6.67. The molecule has 2 saturated carbocycles. The third-order valence-corrected chi connectivity index (χ3v) is 13.7. The van der Waals surface area contributed by atoms with Crippen molar-refractivity contribution in [2.75, 3.05) is 6.54 Å². The molecule has 3 aliphatic heterocycles. The molecule has 5 aliphatic rings. The van der Waals surface area contributed by atoms with Crippen molar-refractivity contribution in [2.45, 2.75) is 132 Å². The number of carbonyl (C=O) groups excluding carboxylic acids is 4. The normalized spacial score (nSPS) is 30.9. The Morgan fingerprint density at radius 3 is 2.60 bits per heavy atom. The highest BCUT2D eigenvalue weighted by Crippen LogP contribution is 2.50. The van der Waals surface area contributed by atoms with Crippen molar-refractivity contribution in [3.8, 4) is 5.75 Å². The van der Waals surface area contributed by atoms with Crippen LogP contribution in [0.2, 0.25) is 0 Å². The zero-order chi connectivity index (χ0) is 37.9. The Kier molecular flexibility index (Phi) is 9.49. The zero-order valence-corrected chi connectivity index (χ0v) is 31.5. The Bertz CT molecular complexity index is 1980. The number of para-hydroxylation sites is 1. The number of pyridine rings is 1. The molecule has 4 amide bonds. The molecule has 1 saturated heterocycles. The van der Waals surface area contributed by atoms with Gasteiger partial charge in [0.15, 0.2) is 0 Å². The Labute approximate surface area is 309 Å². The summed E-state index contributed by atoms with van der Waals surface area (Å²) in [6.07, 6.45) is 5.76. The summed E-state index contributed by atoms with van der Waals surface area (Å²) in [4.78, 5) is 62.0. The second-order valence-electron chi connectivity index (χ2n) is 16.0. The average Bonchev–Trinajstić information content (AvgIpc) is 3.98. The van der Waals surface area contributed by atoms with Gasteiger partial charge in [0.2, 0.25) is 21.8 Å². The SMILES string of the molecule is Cc1nc2ccccc2c2c1OC1(CC2O)CC2C(=O)NC3(C(=O)NS(=O)(=O)C4(C)CC4)CC3C=CCCCCCC(NC(=O)OC(C)C)C(=O)N2C1. The number of rotatable bonds is 5. The standard InChI is InChI=1S/C38H49N5O9S/c1-22(2)51-35(48)40-27-15-9-7-5-6-8-12-24-18-38(24,34(47)42-53(49,50)36(4)16-17-36)41-32(45)28-19-37(21-43(28)33(27)46)20-29(44)30-25-13-10-11-14-26(25)39-23(3)31(30)52-37/h8,10-14,22,24,27-29,44H,5-7,9,15-21H2,1-4H3,(H,40,48)(H,41,45)(H,42,47). The van der Waals surface area contributed by atoms with Crippen molar-refractivity contribution in [1.29, 1.82) is 0 Å². The highest BCUT2D eigenvalue weighted by Gasteiger charge is 2.64. The number of fused-ring (bicyclic) bond motifs is 5. The van der Waals surface area contributed by atoms with Crippen molar-refractivity contribution in [1.82, 2.24) is 25.2 Å². The van der Waals surface area contributed by atoms with Gasteiger partial charge in [-0.05, 0) is 72.3 Å². The van der Waals surface area contributed by atoms with Gasteiger partial charge < -0.3 is 30.1 Å². The van der Waals surface area contributed by atoms with Crippen LogP contribution in [-0.4, -0.2) is 87.8 Å². The number of sulfonamides is 1. The lowest BCUT2D eigenvalue weighted by Gasteiger charge is -2.39. The number of alkyl carbamates (subject to hydrolysis) is 1. The highest BCUT2D eigenvalue weighted by atomic mass is 32.2. The van der Waals surface area contributed by atoms with E-state index in [9.17, 15) is 32.7 Å². The van der Waals surface area contributed by atoms with Crippen LogP contribution in [0.15, 0.2) is 36.4 Å². The van der Waals surface area contributed by atoms with Crippen molar-refractivity contribution >= 4 is 44.7 Å². The summed E-state index contributed by atoms with van der Waals surface area (Å²) in [6, 6.07) is 5.22. The van der Waals surface area contributed by atoms with Gasteiger partial charge in [-0.3, -0.25) is 19.1 Å². The number of aromatic nitrogens is 1. The van der Waals surface area contributed by atoms with Gasteiger partial charge >= 0.3 is 6.09 Å². The number of aliphatic hydroxyl groups is 1. The molecule has 286 valence electrons. The lowest BCUT2D eigenvalue weighted by atomic mass is 9.85. The predicted molar refractivity (Wildman–Crippen MR) is 194 cm³/mol. The molecule has 0 bridgehead atoms. The Hall–Kier alpha value is -4.24. The summed E-state index contributed by atoms with van der Waals surface area (Å²) in [5.41, 5.74) is -0.942. The van der Waals surface area contributed by atoms with Crippen LogP contribution in [0.5, 0.6) is 5.75 Å². The maximum atomic E-state index is 14.6. The molecule has 6 atom stereocenters. The molecule has 15 heteroatoms. The first-order valence-corrected chi connectivity index (χ1v) is 20.1. The average molecular weight is 752 g/mol. The molecule has 2 aromatic rings. The van der Waals surface area contributed by atoms with E-state index in [1.807, 2.05) is 36.4 Å². The van der Waals surface area contributed by atoms with Crippen LogP contribution in [0.1, 0.15) is 102 Å². The largest absolute Gasteiger partial charge is 0.483 e. The van der Waals surface area contributed by atoms with Gasteiger partial charge in [0.1, 0.15) is 29.0 Å². The monoisotopic (exact) mass is 751 g/mol. The lowest BCUT2D eigenvalue weighted by Crippen LogP contribution is -2.58. The molecule has 1 aromatic heterocycles. The fraction of sp³-hybridized carbons (Fsp3) is 0.605. The van der Waals surface area contributed by atoms with Crippen LogP contribution in [0, 0.1) is 12.8 Å². The molecule has 4 N–H and O–H groups in total. The topological polar surface area (TPSA) is 193 Å². The van der Waals surface area contributed by atoms with Gasteiger partial charge in [-0.15, -0.1) is 0 Å². The van der Waals surface area contributed by atoms with E-state index in [0.717, 1.165) is 18.2 Å². The summed E-state index contributed by atoms with van der Waals surface area (Å²) in [5.74, 6) is -2.07. The molecule has 2 aliphatic carbocycles. The predicted octanol–water partition coefficient (Wildman–Crippen LogP) is 3.60. The molecule has 1 aromatic carbocycles. The number of hydrogen-bond donors (Lipinski definition) is 4. The van der Waals surface area contributed by atoms with E-state index >= 15 is 0 Å². The summed E-state index contributed by atoms with van der Waals surface area (Å²) in [5, 5.41) is 18.1. The van der Waals surface area contributed by atoms with Crippen molar-refractivity contribution in [3.63, 3.8) is 0 Å². The van der Waals surface area contributed by atoms with Crippen LogP contribution >= 0.6 is 0 Å². The molecule has 53 heavy (non-hydrogen) atoms. The van der Waals surface area contributed by atoms with Crippen molar-refractivity contribution in [2.24, 2.45) is 5.92 Å². The first kappa shape index (κ1) is 37.1. The third-order valence-electron chi connectivity index (χ3n) is 11.5. The van der Waals surface area contributed by atoms with Crippen LogP contribution in [0.25, 0.3) is 10.9 Å². The van der Waals surface area contributed by atoms with Gasteiger partial charge in [0.05, 0.1) is 34.7 Å². The van der Waals surface area contributed by atoms with Gasteiger partial charge in [-0.1, -0.05) is 43.2 Å².